The smallest absolute Gasteiger partial charge is 0.254 e. The summed E-state index contributed by atoms with van der Waals surface area (Å²) in [5.41, 5.74) is 1.04. The van der Waals surface area contributed by atoms with Crippen LogP contribution >= 0.6 is 0 Å². The van der Waals surface area contributed by atoms with Crippen molar-refractivity contribution in [1.29, 1.82) is 0 Å². The van der Waals surface area contributed by atoms with Crippen LogP contribution in [-0.4, -0.2) is 67.6 Å². The largest absolute Gasteiger partial charge is 0.493 e. The van der Waals surface area contributed by atoms with Crippen molar-refractivity contribution in [3.05, 3.63) is 65.5 Å². The zero-order valence-corrected chi connectivity index (χ0v) is 17.5. The van der Waals surface area contributed by atoms with Crippen molar-refractivity contribution in [2.45, 2.75) is 12.8 Å². The molecule has 2 heterocycles. The van der Waals surface area contributed by atoms with Gasteiger partial charge in [0.25, 0.3) is 11.8 Å². The van der Waals surface area contributed by atoms with Gasteiger partial charge in [-0.05, 0) is 61.2 Å². The second-order valence-corrected chi connectivity index (χ2v) is 7.99. The highest BCUT2D eigenvalue weighted by Gasteiger charge is 2.24. The van der Waals surface area contributed by atoms with Gasteiger partial charge >= 0.3 is 0 Å². The fraction of sp³-hybridized carbons (Fsp3) is 0.417. The lowest BCUT2D eigenvalue weighted by molar-refractivity contribution is 0.0303. The van der Waals surface area contributed by atoms with E-state index in [2.05, 4.69) is 0 Å². The van der Waals surface area contributed by atoms with Crippen molar-refractivity contribution in [2.75, 3.05) is 46.0 Å². The van der Waals surface area contributed by atoms with E-state index < -0.39 is 5.82 Å². The third kappa shape index (κ3) is 5.41. The lowest BCUT2D eigenvalue weighted by Gasteiger charge is -2.32. The first-order chi connectivity index (χ1) is 15.1. The summed E-state index contributed by atoms with van der Waals surface area (Å²) < 4.78 is 24.6. The molecule has 2 amide bonds. The van der Waals surface area contributed by atoms with Crippen molar-refractivity contribution in [3.8, 4) is 5.75 Å². The molecule has 2 saturated heterocycles. The number of piperidine rings is 1. The van der Waals surface area contributed by atoms with Crippen LogP contribution in [0.15, 0.2) is 48.5 Å². The predicted octanol–water partition coefficient (Wildman–Crippen LogP) is 3.23. The predicted molar refractivity (Wildman–Crippen MR) is 114 cm³/mol. The van der Waals surface area contributed by atoms with Gasteiger partial charge in [-0.15, -0.1) is 0 Å². The summed E-state index contributed by atoms with van der Waals surface area (Å²) in [7, 11) is 0. The molecule has 2 aromatic carbocycles. The zero-order chi connectivity index (χ0) is 21.6. The van der Waals surface area contributed by atoms with Gasteiger partial charge in [0.2, 0.25) is 0 Å². The number of carbonyl (C=O) groups is 2. The minimum atomic E-state index is -0.396. The summed E-state index contributed by atoms with van der Waals surface area (Å²) in [5, 5.41) is 0. The molecule has 0 aliphatic carbocycles. The van der Waals surface area contributed by atoms with Crippen molar-refractivity contribution < 1.29 is 23.5 Å². The summed E-state index contributed by atoms with van der Waals surface area (Å²) in [6.45, 7) is 4.25. The first kappa shape index (κ1) is 21.3. The van der Waals surface area contributed by atoms with Gasteiger partial charge in [0.1, 0.15) is 11.6 Å². The summed E-state index contributed by atoms with van der Waals surface area (Å²) in [4.78, 5) is 28.6. The van der Waals surface area contributed by atoms with Crippen LogP contribution in [-0.2, 0) is 4.74 Å². The fourth-order valence-electron chi connectivity index (χ4n) is 3.96. The highest BCUT2D eigenvalue weighted by atomic mass is 19.1. The number of ether oxygens (including phenoxy) is 2. The Hall–Kier alpha value is -2.93. The van der Waals surface area contributed by atoms with E-state index in [-0.39, 0.29) is 11.8 Å². The highest BCUT2D eigenvalue weighted by Crippen LogP contribution is 2.22. The number of morpholine rings is 1. The van der Waals surface area contributed by atoms with Gasteiger partial charge in [0, 0.05) is 37.3 Å². The van der Waals surface area contributed by atoms with Crippen LogP contribution in [0, 0.1) is 11.7 Å². The molecular formula is C24H27FN2O4. The van der Waals surface area contributed by atoms with Crippen LogP contribution in [0.5, 0.6) is 5.75 Å². The maximum absolute atomic E-state index is 13.4. The zero-order valence-electron chi connectivity index (χ0n) is 17.5. The molecule has 0 bridgehead atoms. The molecule has 6 nitrogen and oxygen atoms in total. The number of rotatable bonds is 5. The Morgan fingerprint density at radius 2 is 1.55 bits per heavy atom. The van der Waals surface area contributed by atoms with E-state index in [1.54, 1.807) is 34.1 Å². The molecule has 2 fully saturated rings. The monoisotopic (exact) mass is 426 g/mol. The molecule has 2 aromatic rings. The number of likely N-dealkylation sites (tertiary alicyclic amines) is 1. The lowest BCUT2D eigenvalue weighted by atomic mass is 9.97. The van der Waals surface area contributed by atoms with E-state index >= 15 is 0 Å². The number of amides is 2. The number of hydrogen-bond donors (Lipinski definition) is 0. The van der Waals surface area contributed by atoms with E-state index in [1.807, 2.05) is 12.1 Å². The average molecular weight is 426 g/mol. The molecule has 0 atom stereocenters. The maximum atomic E-state index is 13.4. The van der Waals surface area contributed by atoms with Crippen LogP contribution in [0.1, 0.15) is 33.6 Å². The Bertz CT molecular complexity index is 904. The van der Waals surface area contributed by atoms with Crippen molar-refractivity contribution in [1.82, 2.24) is 9.80 Å². The molecule has 0 aromatic heterocycles. The van der Waals surface area contributed by atoms with Crippen LogP contribution in [0.2, 0.25) is 0 Å². The normalized spacial score (nSPS) is 17.5. The number of halogens is 1. The van der Waals surface area contributed by atoms with E-state index in [4.69, 9.17) is 9.47 Å². The van der Waals surface area contributed by atoms with Crippen LogP contribution in [0.25, 0.3) is 0 Å². The van der Waals surface area contributed by atoms with Crippen molar-refractivity contribution in [2.24, 2.45) is 5.92 Å². The number of hydrogen-bond acceptors (Lipinski definition) is 4. The second kappa shape index (κ2) is 9.92. The Morgan fingerprint density at radius 1 is 0.903 bits per heavy atom. The van der Waals surface area contributed by atoms with E-state index in [9.17, 15) is 14.0 Å². The SMILES string of the molecule is O=C(c1ccc(OCC2CCN(C(=O)c3cccc(F)c3)CC2)cc1)N1CCOCC1. The molecule has 4 rings (SSSR count). The molecule has 0 radical (unpaired) electrons. The minimum absolute atomic E-state index is 0.0187. The summed E-state index contributed by atoms with van der Waals surface area (Å²) in [6.07, 6.45) is 1.68. The average Bonchev–Trinajstić information content (AvgIpc) is 2.83. The standard InChI is InChI=1S/C24H27FN2O4/c25-21-3-1-2-20(16-21)24(29)26-10-8-18(9-11-26)17-31-22-6-4-19(5-7-22)23(28)27-12-14-30-15-13-27/h1-7,16,18H,8-15,17H2. The summed E-state index contributed by atoms with van der Waals surface area (Å²) in [5.74, 6) is 0.583. The quantitative estimate of drug-likeness (QED) is 0.737. The van der Waals surface area contributed by atoms with Gasteiger partial charge in [0.05, 0.1) is 19.8 Å². The Balaban J connectivity index is 1.23. The molecule has 0 unspecified atom stereocenters. The molecule has 31 heavy (non-hydrogen) atoms. The third-order valence-electron chi connectivity index (χ3n) is 5.86. The van der Waals surface area contributed by atoms with Gasteiger partial charge in [-0.1, -0.05) is 6.07 Å². The van der Waals surface area contributed by atoms with Gasteiger partial charge in [0.15, 0.2) is 0 Å². The van der Waals surface area contributed by atoms with Gasteiger partial charge < -0.3 is 19.3 Å². The number of benzene rings is 2. The Morgan fingerprint density at radius 3 is 2.23 bits per heavy atom. The third-order valence-corrected chi connectivity index (χ3v) is 5.86. The van der Waals surface area contributed by atoms with Crippen molar-refractivity contribution >= 4 is 11.8 Å². The lowest BCUT2D eigenvalue weighted by Crippen LogP contribution is -2.40. The number of nitrogens with zero attached hydrogens (tertiary/aromatic N) is 2. The van der Waals surface area contributed by atoms with E-state index in [0.29, 0.717) is 63.0 Å². The van der Waals surface area contributed by atoms with Crippen LogP contribution in [0.4, 0.5) is 4.39 Å². The maximum Gasteiger partial charge on any atom is 0.254 e. The van der Waals surface area contributed by atoms with E-state index in [1.165, 1.54) is 12.1 Å². The minimum Gasteiger partial charge on any atom is -0.493 e. The van der Waals surface area contributed by atoms with Gasteiger partial charge in [-0.3, -0.25) is 9.59 Å². The highest BCUT2D eigenvalue weighted by molar-refractivity contribution is 5.94. The molecule has 0 saturated carbocycles. The summed E-state index contributed by atoms with van der Waals surface area (Å²) in [6, 6.07) is 13.1. The second-order valence-electron chi connectivity index (χ2n) is 7.99. The first-order valence-electron chi connectivity index (χ1n) is 10.7. The molecular weight excluding hydrogens is 399 g/mol. The van der Waals surface area contributed by atoms with Crippen LogP contribution < -0.4 is 4.74 Å². The topological polar surface area (TPSA) is 59.1 Å². The fourth-order valence-corrected chi connectivity index (χ4v) is 3.96. The van der Waals surface area contributed by atoms with Gasteiger partial charge in [-0.25, -0.2) is 4.39 Å². The van der Waals surface area contributed by atoms with Gasteiger partial charge in [-0.2, -0.15) is 0 Å². The van der Waals surface area contributed by atoms with Crippen molar-refractivity contribution in [3.63, 3.8) is 0 Å². The Labute approximate surface area is 181 Å². The molecule has 2 aliphatic heterocycles. The molecule has 164 valence electrons. The Kier molecular flexibility index (Phi) is 6.82. The molecule has 0 spiro atoms. The number of carbonyl (C=O) groups excluding carboxylic acids is 2. The molecule has 0 N–H and O–H groups in total. The first-order valence-corrected chi connectivity index (χ1v) is 10.7. The van der Waals surface area contributed by atoms with E-state index in [0.717, 1.165) is 18.6 Å². The summed E-state index contributed by atoms with van der Waals surface area (Å²) >= 11 is 0. The molecule has 7 heteroatoms. The molecule has 2 aliphatic rings. The van der Waals surface area contributed by atoms with Crippen LogP contribution in [0.3, 0.4) is 0 Å².